The Morgan fingerprint density at radius 2 is 2.33 bits per heavy atom. The molecule has 0 spiro atoms. The van der Waals surface area contributed by atoms with E-state index in [-0.39, 0.29) is 18.3 Å². The predicted molar refractivity (Wildman–Crippen MR) is 84.5 cm³/mol. The third kappa shape index (κ3) is 3.83. The number of halogens is 2. The van der Waals surface area contributed by atoms with Crippen molar-refractivity contribution < 1.29 is 4.79 Å². The van der Waals surface area contributed by atoms with Crippen LogP contribution in [0.1, 0.15) is 28.8 Å². The van der Waals surface area contributed by atoms with Crippen molar-refractivity contribution in [1.82, 2.24) is 10.6 Å². The summed E-state index contributed by atoms with van der Waals surface area (Å²) in [7, 11) is 0. The Balaban J connectivity index is 0.00000162. The predicted octanol–water partition coefficient (Wildman–Crippen LogP) is 2.50. The smallest absolute Gasteiger partial charge is 0.252 e. The van der Waals surface area contributed by atoms with Crippen molar-refractivity contribution in [1.29, 1.82) is 0 Å². The molecule has 0 bridgehead atoms. The standard InChI is InChI=1S/C13H17IN2O.ClH/c1-9-4-2-6-11(12(9)14)13(17)16-8-10-5-3-7-15-10;/h2,4,6,10,15H,3,5,7-8H2,1H3,(H,16,17);1H. The fourth-order valence-corrected chi connectivity index (χ4v) is 2.67. The molecule has 0 aromatic heterocycles. The zero-order valence-electron chi connectivity index (χ0n) is 10.3. The molecule has 1 fully saturated rings. The van der Waals surface area contributed by atoms with Crippen molar-refractivity contribution in [3.05, 3.63) is 32.9 Å². The number of amides is 1. The highest BCUT2D eigenvalue weighted by atomic mass is 127. The summed E-state index contributed by atoms with van der Waals surface area (Å²) in [5.41, 5.74) is 1.93. The van der Waals surface area contributed by atoms with E-state index >= 15 is 0 Å². The summed E-state index contributed by atoms with van der Waals surface area (Å²) in [4.78, 5) is 12.0. The topological polar surface area (TPSA) is 41.1 Å². The largest absolute Gasteiger partial charge is 0.350 e. The number of benzene rings is 1. The van der Waals surface area contributed by atoms with Crippen LogP contribution in [0.5, 0.6) is 0 Å². The van der Waals surface area contributed by atoms with Crippen molar-refractivity contribution in [2.45, 2.75) is 25.8 Å². The monoisotopic (exact) mass is 380 g/mol. The first-order valence-corrected chi connectivity index (χ1v) is 7.03. The van der Waals surface area contributed by atoms with Crippen LogP contribution in [0, 0.1) is 10.5 Å². The van der Waals surface area contributed by atoms with Crippen LogP contribution in [0.2, 0.25) is 0 Å². The lowest BCUT2D eigenvalue weighted by atomic mass is 10.1. The summed E-state index contributed by atoms with van der Waals surface area (Å²) in [5, 5.41) is 6.38. The highest BCUT2D eigenvalue weighted by Gasteiger charge is 2.16. The van der Waals surface area contributed by atoms with Gasteiger partial charge in [0.25, 0.3) is 5.91 Å². The number of aryl methyl sites for hydroxylation is 1. The Kier molecular flexibility index (Phi) is 6.38. The van der Waals surface area contributed by atoms with E-state index in [1.54, 1.807) is 0 Å². The Morgan fingerprint density at radius 1 is 1.56 bits per heavy atom. The Labute approximate surface area is 128 Å². The molecule has 100 valence electrons. The summed E-state index contributed by atoms with van der Waals surface area (Å²) in [6.07, 6.45) is 2.37. The molecule has 1 aliphatic rings. The summed E-state index contributed by atoms with van der Waals surface area (Å²) in [5.74, 6) is 0.0341. The average Bonchev–Trinajstić information content (AvgIpc) is 2.82. The molecular weight excluding hydrogens is 363 g/mol. The number of hydrogen-bond donors (Lipinski definition) is 2. The summed E-state index contributed by atoms with van der Waals surface area (Å²) in [6, 6.07) is 6.28. The molecular formula is C13H18ClIN2O. The van der Waals surface area contributed by atoms with Crippen molar-refractivity contribution in [3.63, 3.8) is 0 Å². The maximum Gasteiger partial charge on any atom is 0.252 e. The van der Waals surface area contributed by atoms with Crippen LogP contribution in [0.4, 0.5) is 0 Å². The molecule has 0 radical (unpaired) electrons. The molecule has 2 rings (SSSR count). The van der Waals surface area contributed by atoms with E-state index < -0.39 is 0 Å². The van der Waals surface area contributed by atoms with E-state index in [0.29, 0.717) is 6.04 Å². The number of carbonyl (C=O) groups excluding carboxylic acids is 1. The molecule has 0 saturated carbocycles. The van der Waals surface area contributed by atoms with Gasteiger partial charge in [-0.15, -0.1) is 12.4 Å². The summed E-state index contributed by atoms with van der Waals surface area (Å²) < 4.78 is 1.04. The quantitative estimate of drug-likeness (QED) is 0.791. The second kappa shape index (κ2) is 7.31. The average molecular weight is 381 g/mol. The van der Waals surface area contributed by atoms with Gasteiger partial charge in [-0.2, -0.15) is 0 Å². The Hall–Kier alpha value is -0.330. The minimum Gasteiger partial charge on any atom is -0.350 e. The molecule has 1 aromatic carbocycles. The van der Waals surface area contributed by atoms with Crippen LogP contribution in [-0.4, -0.2) is 25.0 Å². The van der Waals surface area contributed by atoms with E-state index in [9.17, 15) is 4.79 Å². The molecule has 1 aliphatic heterocycles. The first-order chi connectivity index (χ1) is 8.18. The van der Waals surface area contributed by atoms with Crippen LogP contribution < -0.4 is 10.6 Å². The van der Waals surface area contributed by atoms with Crippen LogP contribution >= 0.6 is 35.0 Å². The third-order valence-electron chi connectivity index (χ3n) is 3.11. The second-order valence-electron chi connectivity index (χ2n) is 4.44. The van der Waals surface area contributed by atoms with E-state index in [4.69, 9.17) is 0 Å². The van der Waals surface area contributed by atoms with Gasteiger partial charge in [0.2, 0.25) is 0 Å². The van der Waals surface area contributed by atoms with E-state index in [2.05, 4.69) is 33.2 Å². The van der Waals surface area contributed by atoms with Crippen LogP contribution in [0.3, 0.4) is 0 Å². The van der Waals surface area contributed by atoms with Crippen molar-refractivity contribution in [2.75, 3.05) is 13.1 Å². The van der Waals surface area contributed by atoms with Crippen molar-refractivity contribution in [2.24, 2.45) is 0 Å². The van der Waals surface area contributed by atoms with Gasteiger partial charge < -0.3 is 10.6 Å². The number of nitrogens with one attached hydrogen (secondary N) is 2. The third-order valence-corrected chi connectivity index (χ3v) is 4.54. The molecule has 3 nitrogen and oxygen atoms in total. The van der Waals surface area contributed by atoms with Gasteiger partial charge in [0.15, 0.2) is 0 Å². The Bertz CT molecular complexity index is 419. The molecule has 0 aliphatic carbocycles. The minimum atomic E-state index is 0. The highest BCUT2D eigenvalue weighted by Crippen LogP contribution is 2.16. The lowest BCUT2D eigenvalue weighted by Gasteiger charge is -2.12. The molecule has 2 N–H and O–H groups in total. The fourth-order valence-electron chi connectivity index (χ4n) is 2.06. The van der Waals surface area contributed by atoms with Gasteiger partial charge in [0.05, 0.1) is 5.56 Å². The molecule has 18 heavy (non-hydrogen) atoms. The lowest BCUT2D eigenvalue weighted by Crippen LogP contribution is -2.37. The maximum atomic E-state index is 12.0. The molecule has 1 saturated heterocycles. The van der Waals surface area contributed by atoms with Gasteiger partial charge in [-0.3, -0.25) is 4.79 Å². The lowest BCUT2D eigenvalue weighted by molar-refractivity contribution is 0.0949. The van der Waals surface area contributed by atoms with Gasteiger partial charge in [0, 0.05) is 16.2 Å². The SMILES string of the molecule is Cc1cccc(C(=O)NCC2CCCN2)c1I.Cl. The van der Waals surface area contributed by atoms with Gasteiger partial charge in [-0.05, 0) is 60.5 Å². The van der Waals surface area contributed by atoms with Crippen molar-refractivity contribution in [3.8, 4) is 0 Å². The summed E-state index contributed by atoms with van der Waals surface area (Å²) in [6.45, 7) is 3.82. The molecule has 1 atom stereocenters. The molecule has 5 heteroatoms. The number of carbonyl (C=O) groups is 1. The highest BCUT2D eigenvalue weighted by molar-refractivity contribution is 14.1. The second-order valence-corrected chi connectivity index (χ2v) is 5.52. The molecule has 1 unspecified atom stereocenters. The van der Waals surface area contributed by atoms with Gasteiger partial charge in [-0.1, -0.05) is 12.1 Å². The van der Waals surface area contributed by atoms with Crippen molar-refractivity contribution >= 4 is 40.9 Å². The van der Waals surface area contributed by atoms with Gasteiger partial charge >= 0.3 is 0 Å². The normalized spacial score (nSPS) is 18.2. The van der Waals surface area contributed by atoms with Crippen LogP contribution in [0.25, 0.3) is 0 Å². The zero-order valence-corrected chi connectivity index (χ0v) is 13.3. The van der Waals surface area contributed by atoms with E-state index in [0.717, 1.165) is 34.2 Å². The van der Waals surface area contributed by atoms with Gasteiger partial charge in [0.1, 0.15) is 0 Å². The Morgan fingerprint density at radius 3 is 3.00 bits per heavy atom. The van der Waals surface area contributed by atoms with Gasteiger partial charge in [-0.25, -0.2) is 0 Å². The molecule has 1 heterocycles. The van der Waals surface area contributed by atoms with E-state index in [1.165, 1.54) is 6.42 Å². The minimum absolute atomic E-state index is 0. The summed E-state index contributed by atoms with van der Waals surface area (Å²) >= 11 is 2.23. The number of rotatable bonds is 3. The fraction of sp³-hybridized carbons (Fsp3) is 0.462. The zero-order chi connectivity index (χ0) is 12.3. The number of hydrogen-bond acceptors (Lipinski definition) is 2. The van der Waals surface area contributed by atoms with E-state index in [1.807, 2.05) is 25.1 Å². The molecule has 1 amide bonds. The first-order valence-electron chi connectivity index (χ1n) is 5.95. The maximum absolute atomic E-state index is 12.0. The van der Waals surface area contributed by atoms with Crippen LogP contribution in [-0.2, 0) is 0 Å². The van der Waals surface area contributed by atoms with Crippen LogP contribution in [0.15, 0.2) is 18.2 Å². The molecule has 1 aromatic rings. The first kappa shape index (κ1) is 15.7.